The van der Waals surface area contributed by atoms with E-state index in [9.17, 15) is 18.0 Å². The number of Topliss-reactive ketones (excluding diaryl/α,β-unsaturated/α-hetero) is 1. The number of nitrogens with one attached hydrogen (secondary N) is 1. The maximum Gasteiger partial charge on any atom is 0.389 e. The maximum absolute atomic E-state index is 12.1. The molecule has 1 heterocycles. The second-order valence-corrected chi connectivity index (χ2v) is 4.29. The molecule has 0 saturated carbocycles. The second kappa shape index (κ2) is 4.48. The van der Waals surface area contributed by atoms with Gasteiger partial charge in [0.1, 0.15) is 0 Å². The molecule has 2 nitrogen and oxygen atoms in total. The van der Waals surface area contributed by atoms with E-state index < -0.39 is 24.8 Å². The Hall–Kier alpha value is -1.78. The number of hydrogen-bond donors (Lipinski definition) is 1. The Morgan fingerprint density at radius 1 is 1.33 bits per heavy atom. The summed E-state index contributed by atoms with van der Waals surface area (Å²) in [4.78, 5) is 14.6. The first-order valence-corrected chi connectivity index (χ1v) is 5.54. The van der Waals surface area contributed by atoms with Gasteiger partial charge in [0.2, 0.25) is 0 Å². The lowest BCUT2D eigenvalue weighted by atomic mass is 10.0. The predicted molar refractivity (Wildman–Crippen MR) is 62.7 cm³/mol. The van der Waals surface area contributed by atoms with E-state index in [1.165, 1.54) is 6.20 Å². The Bertz CT molecular complexity index is 583. The van der Waals surface area contributed by atoms with Gasteiger partial charge in [0.25, 0.3) is 0 Å². The number of H-pyrrole nitrogens is 1. The summed E-state index contributed by atoms with van der Waals surface area (Å²) in [5.74, 6) is -0.484. The fraction of sp³-hybridized carbons (Fsp3) is 0.308. The van der Waals surface area contributed by atoms with Gasteiger partial charge < -0.3 is 4.98 Å². The first kappa shape index (κ1) is 12.7. The third kappa shape index (κ3) is 2.72. The van der Waals surface area contributed by atoms with Crippen molar-refractivity contribution >= 4 is 16.7 Å². The van der Waals surface area contributed by atoms with E-state index >= 15 is 0 Å². The maximum atomic E-state index is 12.1. The topological polar surface area (TPSA) is 32.9 Å². The normalized spacial score (nSPS) is 12.0. The number of aromatic amines is 1. The highest BCUT2D eigenvalue weighted by atomic mass is 19.4. The van der Waals surface area contributed by atoms with Crippen molar-refractivity contribution in [1.29, 1.82) is 0 Å². The molecule has 1 aromatic carbocycles. The van der Waals surface area contributed by atoms with Gasteiger partial charge in [0.15, 0.2) is 5.78 Å². The SMILES string of the molecule is Cc1ccc2c(C(=O)CCC(F)(F)F)c[nH]c2c1. The van der Waals surface area contributed by atoms with Crippen molar-refractivity contribution in [3.05, 3.63) is 35.5 Å². The van der Waals surface area contributed by atoms with Crippen molar-refractivity contribution in [2.24, 2.45) is 0 Å². The number of fused-ring (bicyclic) bond motifs is 1. The summed E-state index contributed by atoms with van der Waals surface area (Å²) < 4.78 is 36.2. The standard InChI is InChI=1S/C13H12F3NO/c1-8-2-3-9-10(7-17-11(9)6-8)12(18)4-5-13(14,15)16/h2-3,6-7,17H,4-5H2,1H3. The number of ketones is 1. The molecule has 0 aliphatic heterocycles. The number of alkyl halides is 3. The number of rotatable bonds is 3. The highest BCUT2D eigenvalue weighted by Gasteiger charge is 2.28. The van der Waals surface area contributed by atoms with Gasteiger partial charge in [-0.1, -0.05) is 12.1 Å². The van der Waals surface area contributed by atoms with E-state index in [4.69, 9.17) is 0 Å². The van der Waals surface area contributed by atoms with E-state index in [-0.39, 0.29) is 0 Å². The number of aryl methyl sites for hydroxylation is 1. The molecule has 1 N–H and O–H groups in total. The van der Waals surface area contributed by atoms with Gasteiger partial charge in [-0.3, -0.25) is 4.79 Å². The van der Waals surface area contributed by atoms with Gasteiger partial charge in [-0.15, -0.1) is 0 Å². The molecule has 0 spiro atoms. The fourth-order valence-electron chi connectivity index (χ4n) is 1.86. The van der Waals surface area contributed by atoms with Gasteiger partial charge in [0.05, 0.1) is 6.42 Å². The summed E-state index contributed by atoms with van der Waals surface area (Å²) in [7, 11) is 0. The van der Waals surface area contributed by atoms with E-state index in [1.807, 2.05) is 19.1 Å². The Morgan fingerprint density at radius 2 is 2.06 bits per heavy atom. The zero-order valence-electron chi connectivity index (χ0n) is 9.77. The fourth-order valence-corrected chi connectivity index (χ4v) is 1.86. The van der Waals surface area contributed by atoms with Crippen LogP contribution in [0.1, 0.15) is 28.8 Å². The molecule has 2 rings (SSSR count). The van der Waals surface area contributed by atoms with Crippen molar-refractivity contribution in [3.8, 4) is 0 Å². The number of benzene rings is 1. The van der Waals surface area contributed by atoms with E-state index in [0.29, 0.717) is 10.9 Å². The molecule has 0 saturated heterocycles. The predicted octanol–water partition coefficient (Wildman–Crippen LogP) is 4.00. The van der Waals surface area contributed by atoms with Crippen LogP contribution in [0, 0.1) is 6.92 Å². The number of carbonyl (C=O) groups excluding carboxylic acids is 1. The number of hydrogen-bond acceptors (Lipinski definition) is 1. The van der Waals surface area contributed by atoms with Gasteiger partial charge in [-0.2, -0.15) is 13.2 Å². The van der Waals surface area contributed by atoms with Crippen molar-refractivity contribution in [2.75, 3.05) is 0 Å². The summed E-state index contributed by atoms with van der Waals surface area (Å²) in [6.07, 6.45) is -4.41. The molecule has 0 amide bonds. The molecule has 0 bridgehead atoms. The van der Waals surface area contributed by atoms with Crippen LogP contribution in [0.15, 0.2) is 24.4 Å². The van der Waals surface area contributed by atoms with E-state index in [1.54, 1.807) is 6.07 Å². The zero-order valence-corrected chi connectivity index (χ0v) is 9.77. The highest BCUT2D eigenvalue weighted by molar-refractivity contribution is 6.07. The minimum Gasteiger partial charge on any atom is -0.360 e. The highest BCUT2D eigenvalue weighted by Crippen LogP contribution is 2.25. The monoisotopic (exact) mass is 255 g/mol. The molecule has 5 heteroatoms. The summed E-state index contributed by atoms with van der Waals surface area (Å²) in [6.45, 7) is 1.91. The lowest BCUT2D eigenvalue weighted by molar-refractivity contribution is -0.133. The van der Waals surface area contributed by atoms with Crippen LogP contribution >= 0.6 is 0 Å². The minimum atomic E-state index is -4.29. The van der Waals surface area contributed by atoms with Crippen LogP contribution in [0.2, 0.25) is 0 Å². The lowest BCUT2D eigenvalue weighted by Gasteiger charge is -2.04. The summed E-state index contributed by atoms with van der Waals surface area (Å²) >= 11 is 0. The molecular weight excluding hydrogens is 243 g/mol. The lowest BCUT2D eigenvalue weighted by Crippen LogP contribution is -2.10. The molecule has 2 aromatic rings. The van der Waals surface area contributed by atoms with E-state index in [2.05, 4.69) is 4.98 Å². The van der Waals surface area contributed by atoms with Crippen LogP contribution in [-0.2, 0) is 0 Å². The third-order valence-corrected chi connectivity index (χ3v) is 2.77. The van der Waals surface area contributed by atoms with Crippen LogP contribution in [0.3, 0.4) is 0 Å². The Kier molecular flexibility index (Phi) is 3.15. The average Bonchev–Trinajstić information content (AvgIpc) is 2.67. The van der Waals surface area contributed by atoms with Crippen LogP contribution in [-0.4, -0.2) is 16.9 Å². The second-order valence-electron chi connectivity index (χ2n) is 4.29. The molecule has 0 unspecified atom stereocenters. The first-order valence-electron chi connectivity index (χ1n) is 5.54. The van der Waals surface area contributed by atoms with Crippen LogP contribution in [0.25, 0.3) is 10.9 Å². The number of carbonyl (C=O) groups is 1. The van der Waals surface area contributed by atoms with Crippen molar-refractivity contribution in [1.82, 2.24) is 4.98 Å². The molecule has 0 aliphatic carbocycles. The Morgan fingerprint density at radius 3 is 2.72 bits per heavy atom. The molecule has 0 radical (unpaired) electrons. The molecule has 0 atom stereocenters. The van der Waals surface area contributed by atoms with Crippen LogP contribution < -0.4 is 0 Å². The molecule has 96 valence electrons. The largest absolute Gasteiger partial charge is 0.389 e. The van der Waals surface area contributed by atoms with Gasteiger partial charge in [0, 0.05) is 29.1 Å². The summed E-state index contributed by atoms with van der Waals surface area (Å²) in [6, 6.07) is 5.44. The van der Waals surface area contributed by atoms with Crippen LogP contribution in [0.4, 0.5) is 13.2 Å². The Labute approximate surface area is 102 Å². The smallest absolute Gasteiger partial charge is 0.360 e. The quantitative estimate of drug-likeness (QED) is 0.826. The first-order chi connectivity index (χ1) is 8.37. The van der Waals surface area contributed by atoms with E-state index in [0.717, 1.165) is 11.1 Å². The number of aromatic nitrogens is 1. The average molecular weight is 255 g/mol. The molecule has 0 fully saturated rings. The molecule has 18 heavy (non-hydrogen) atoms. The Balaban J connectivity index is 2.23. The van der Waals surface area contributed by atoms with Crippen LogP contribution in [0.5, 0.6) is 0 Å². The molecule has 1 aromatic heterocycles. The molecular formula is C13H12F3NO. The molecule has 0 aliphatic rings. The van der Waals surface area contributed by atoms with Crippen molar-refractivity contribution in [3.63, 3.8) is 0 Å². The van der Waals surface area contributed by atoms with Gasteiger partial charge in [-0.05, 0) is 18.6 Å². The summed E-state index contributed by atoms with van der Waals surface area (Å²) in [5, 5.41) is 0.674. The number of halogens is 3. The van der Waals surface area contributed by atoms with Crippen molar-refractivity contribution < 1.29 is 18.0 Å². The minimum absolute atomic E-state index is 0.328. The summed E-state index contributed by atoms with van der Waals surface area (Å²) in [5.41, 5.74) is 2.12. The van der Waals surface area contributed by atoms with Gasteiger partial charge >= 0.3 is 6.18 Å². The van der Waals surface area contributed by atoms with Gasteiger partial charge in [-0.25, -0.2) is 0 Å². The zero-order chi connectivity index (χ0) is 13.3. The van der Waals surface area contributed by atoms with Crippen molar-refractivity contribution in [2.45, 2.75) is 25.9 Å². The third-order valence-electron chi connectivity index (χ3n) is 2.77.